The molecule has 0 amide bonds. The number of hydrogen-bond acceptors (Lipinski definition) is 4. The van der Waals surface area contributed by atoms with Crippen LogP contribution in [0.25, 0.3) is 0 Å². The minimum atomic E-state index is 0.0946. The third-order valence-corrected chi connectivity index (χ3v) is 3.29. The van der Waals surface area contributed by atoms with Crippen molar-refractivity contribution in [3.05, 3.63) is 10.6 Å². The van der Waals surface area contributed by atoms with Gasteiger partial charge in [-0.15, -0.1) is 0 Å². The van der Waals surface area contributed by atoms with E-state index in [1.165, 1.54) is 11.3 Å². The molecule has 78 valence electrons. The molecule has 1 unspecified atom stereocenters. The fraction of sp³-hybridized carbons (Fsp3) is 0.600. The van der Waals surface area contributed by atoms with E-state index in [-0.39, 0.29) is 5.78 Å². The Bertz CT molecular complexity index is 333. The number of anilines is 1. The highest BCUT2D eigenvalue weighted by Crippen LogP contribution is 2.23. The SMILES string of the molecule is CCC(C)Nc1nc(C)c(C(C)=O)s1. The Balaban J connectivity index is 2.81. The third kappa shape index (κ3) is 2.54. The quantitative estimate of drug-likeness (QED) is 0.780. The molecule has 0 aliphatic rings. The van der Waals surface area contributed by atoms with Crippen LogP contribution in [0.4, 0.5) is 5.13 Å². The lowest BCUT2D eigenvalue weighted by Gasteiger charge is -2.08. The molecule has 0 saturated carbocycles. The standard InChI is InChI=1S/C10H16N2OS/c1-5-6(2)11-10-12-7(3)9(14-10)8(4)13/h6H,5H2,1-4H3,(H,11,12). The van der Waals surface area contributed by atoms with E-state index >= 15 is 0 Å². The van der Waals surface area contributed by atoms with Gasteiger partial charge in [0.25, 0.3) is 0 Å². The highest BCUT2D eigenvalue weighted by atomic mass is 32.1. The number of aryl methyl sites for hydroxylation is 1. The van der Waals surface area contributed by atoms with Crippen LogP contribution in [0, 0.1) is 6.92 Å². The summed E-state index contributed by atoms with van der Waals surface area (Å²) in [7, 11) is 0. The predicted molar refractivity (Wildman–Crippen MR) is 60.2 cm³/mol. The second-order valence-electron chi connectivity index (χ2n) is 3.44. The summed E-state index contributed by atoms with van der Waals surface area (Å²) in [5, 5.41) is 4.11. The minimum absolute atomic E-state index is 0.0946. The number of Topliss-reactive ketones (excluding diaryl/α,β-unsaturated/α-hetero) is 1. The van der Waals surface area contributed by atoms with E-state index in [0.717, 1.165) is 22.1 Å². The van der Waals surface area contributed by atoms with E-state index in [9.17, 15) is 4.79 Å². The summed E-state index contributed by atoms with van der Waals surface area (Å²) >= 11 is 1.44. The van der Waals surface area contributed by atoms with Crippen molar-refractivity contribution in [3.8, 4) is 0 Å². The van der Waals surface area contributed by atoms with Gasteiger partial charge in [-0.05, 0) is 20.3 Å². The van der Waals surface area contributed by atoms with Crippen LogP contribution in [0.15, 0.2) is 0 Å². The minimum Gasteiger partial charge on any atom is -0.359 e. The average Bonchev–Trinajstić information content (AvgIpc) is 2.46. The second-order valence-corrected chi connectivity index (χ2v) is 4.44. The maximum atomic E-state index is 11.2. The number of aromatic nitrogens is 1. The lowest BCUT2D eigenvalue weighted by molar-refractivity contribution is 0.102. The van der Waals surface area contributed by atoms with Crippen LogP contribution < -0.4 is 5.32 Å². The normalized spacial score (nSPS) is 12.6. The third-order valence-electron chi connectivity index (χ3n) is 2.10. The lowest BCUT2D eigenvalue weighted by Crippen LogP contribution is -2.12. The predicted octanol–water partition coefficient (Wildman–Crippen LogP) is 2.86. The Labute approximate surface area is 88.6 Å². The first kappa shape index (κ1) is 11.2. The molecule has 0 aliphatic heterocycles. The van der Waals surface area contributed by atoms with Crippen LogP contribution in [0.5, 0.6) is 0 Å². The molecule has 0 aromatic carbocycles. The van der Waals surface area contributed by atoms with Crippen LogP contribution in [-0.4, -0.2) is 16.8 Å². The van der Waals surface area contributed by atoms with Crippen LogP contribution in [0.1, 0.15) is 42.6 Å². The molecular weight excluding hydrogens is 196 g/mol. The summed E-state index contributed by atoms with van der Waals surface area (Å²) in [6.07, 6.45) is 1.05. The van der Waals surface area contributed by atoms with Crippen LogP contribution >= 0.6 is 11.3 Å². The molecule has 0 aliphatic carbocycles. The molecular formula is C10H16N2OS. The van der Waals surface area contributed by atoms with Crippen molar-refractivity contribution in [1.29, 1.82) is 0 Å². The van der Waals surface area contributed by atoms with Crippen molar-refractivity contribution < 1.29 is 4.79 Å². The topological polar surface area (TPSA) is 42.0 Å². The average molecular weight is 212 g/mol. The van der Waals surface area contributed by atoms with Crippen LogP contribution in [-0.2, 0) is 0 Å². The molecule has 0 bridgehead atoms. The Hall–Kier alpha value is -0.900. The lowest BCUT2D eigenvalue weighted by atomic mass is 10.3. The summed E-state index contributed by atoms with van der Waals surface area (Å²) in [5.74, 6) is 0.0946. The van der Waals surface area contributed by atoms with Gasteiger partial charge in [0.1, 0.15) is 0 Å². The van der Waals surface area contributed by atoms with Crippen molar-refractivity contribution in [1.82, 2.24) is 4.98 Å². The molecule has 4 heteroatoms. The van der Waals surface area contributed by atoms with Crippen LogP contribution in [0.2, 0.25) is 0 Å². The van der Waals surface area contributed by atoms with E-state index in [1.807, 2.05) is 6.92 Å². The molecule has 1 heterocycles. The molecule has 1 aromatic rings. The van der Waals surface area contributed by atoms with E-state index in [0.29, 0.717) is 6.04 Å². The number of rotatable bonds is 4. The second kappa shape index (κ2) is 4.55. The highest BCUT2D eigenvalue weighted by molar-refractivity contribution is 7.17. The van der Waals surface area contributed by atoms with E-state index in [4.69, 9.17) is 0 Å². The number of nitrogens with one attached hydrogen (secondary N) is 1. The Morgan fingerprint density at radius 3 is 2.71 bits per heavy atom. The van der Waals surface area contributed by atoms with Gasteiger partial charge in [0.2, 0.25) is 0 Å². The van der Waals surface area contributed by atoms with Gasteiger partial charge in [-0.1, -0.05) is 18.3 Å². The van der Waals surface area contributed by atoms with Gasteiger partial charge in [0.05, 0.1) is 10.6 Å². The summed E-state index contributed by atoms with van der Waals surface area (Å²) in [4.78, 5) is 16.2. The Kier molecular flexibility index (Phi) is 3.63. The summed E-state index contributed by atoms with van der Waals surface area (Å²) < 4.78 is 0. The Morgan fingerprint density at radius 2 is 2.29 bits per heavy atom. The maximum absolute atomic E-state index is 11.2. The molecule has 1 N–H and O–H groups in total. The van der Waals surface area contributed by atoms with Gasteiger partial charge in [-0.3, -0.25) is 4.79 Å². The van der Waals surface area contributed by atoms with Crippen LogP contribution in [0.3, 0.4) is 0 Å². The maximum Gasteiger partial charge on any atom is 0.183 e. The molecule has 1 rings (SSSR count). The van der Waals surface area contributed by atoms with Crippen molar-refractivity contribution in [2.75, 3.05) is 5.32 Å². The van der Waals surface area contributed by atoms with Crippen molar-refractivity contribution in [2.24, 2.45) is 0 Å². The van der Waals surface area contributed by atoms with Gasteiger partial charge >= 0.3 is 0 Å². The van der Waals surface area contributed by atoms with Gasteiger partial charge in [0, 0.05) is 13.0 Å². The number of thiazole rings is 1. The summed E-state index contributed by atoms with van der Waals surface area (Å²) in [6, 6.07) is 0.403. The molecule has 0 saturated heterocycles. The van der Waals surface area contributed by atoms with Crippen molar-refractivity contribution in [3.63, 3.8) is 0 Å². The highest BCUT2D eigenvalue weighted by Gasteiger charge is 2.11. The van der Waals surface area contributed by atoms with E-state index in [1.54, 1.807) is 6.92 Å². The van der Waals surface area contributed by atoms with E-state index < -0.39 is 0 Å². The molecule has 0 spiro atoms. The zero-order valence-corrected chi connectivity index (χ0v) is 9.86. The fourth-order valence-corrected chi connectivity index (χ4v) is 2.07. The van der Waals surface area contributed by atoms with Gasteiger partial charge in [-0.25, -0.2) is 4.98 Å². The first-order valence-electron chi connectivity index (χ1n) is 4.79. The van der Waals surface area contributed by atoms with Gasteiger partial charge in [0.15, 0.2) is 10.9 Å². The van der Waals surface area contributed by atoms with Gasteiger partial charge < -0.3 is 5.32 Å². The molecule has 1 atom stereocenters. The monoisotopic (exact) mass is 212 g/mol. The molecule has 14 heavy (non-hydrogen) atoms. The number of carbonyl (C=O) groups is 1. The molecule has 1 aromatic heterocycles. The number of ketones is 1. The Morgan fingerprint density at radius 1 is 1.64 bits per heavy atom. The number of nitrogens with zero attached hydrogens (tertiary/aromatic N) is 1. The number of carbonyl (C=O) groups excluding carboxylic acids is 1. The molecule has 0 radical (unpaired) electrons. The molecule has 0 fully saturated rings. The number of hydrogen-bond donors (Lipinski definition) is 1. The zero-order chi connectivity index (χ0) is 10.7. The van der Waals surface area contributed by atoms with Gasteiger partial charge in [-0.2, -0.15) is 0 Å². The van der Waals surface area contributed by atoms with Crippen molar-refractivity contribution in [2.45, 2.75) is 40.2 Å². The molecule has 3 nitrogen and oxygen atoms in total. The largest absolute Gasteiger partial charge is 0.359 e. The zero-order valence-electron chi connectivity index (χ0n) is 9.05. The first-order valence-corrected chi connectivity index (χ1v) is 5.61. The smallest absolute Gasteiger partial charge is 0.183 e. The fourth-order valence-electron chi connectivity index (χ4n) is 1.10. The summed E-state index contributed by atoms with van der Waals surface area (Å²) in [5.41, 5.74) is 0.827. The van der Waals surface area contributed by atoms with Crippen molar-refractivity contribution >= 4 is 22.3 Å². The van der Waals surface area contributed by atoms with E-state index in [2.05, 4.69) is 24.1 Å². The first-order chi connectivity index (χ1) is 6.54. The summed E-state index contributed by atoms with van der Waals surface area (Å²) in [6.45, 7) is 7.66.